The molecular weight excluding hydrogens is 370 g/mol. The van der Waals surface area contributed by atoms with Crippen molar-refractivity contribution in [2.24, 2.45) is 5.92 Å². The van der Waals surface area contributed by atoms with Crippen LogP contribution in [0, 0.1) is 5.92 Å². The second-order valence-electron chi connectivity index (χ2n) is 6.98. The van der Waals surface area contributed by atoms with E-state index in [0.717, 1.165) is 24.1 Å². The molecule has 0 bridgehead atoms. The Morgan fingerprint density at radius 2 is 1.90 bits per heavy atom. The molecule has 2 N–H and O–H groups in total. The number of anilines is 1. The van der Waals surface area contributed by atoms with E-state index >= 15 is 0 Å². The fraction of sp³-hybridized carbons (Fsp3) is 0.364. The van der Waals surface area contributed by atoms with Gasteiger partial charge in [-0.3, -0.25) is 4.79 Å². The molecule has 7 nitrogen and oxygen atoms in total. The molecule has 3 rings (SSSR count). The van der Waals surface area contributed by atoms with E-state index in [9.17, 15) is 9.59 Å². The first-order chi connectivity index (χ1) is 14.1. The number of hydrogen-bond acceptors (Lipinski definition) is 4. The summed E-state index contributed by atoms with van der Waals surface area (Å²) in [7, 11) is 3.18. The van der Waals surface area contributed by atoms with Crippen molar-refractivity contribution in [3.8, 4) is 11.5 Å². The Kier molecular flexibility index (Phi) is 6.94. The Bertz CT molecular complexity index is 841. The van der Waals surface area contributed by atoms with Crippen molar-refractivity contribution in [1.82, 2.24) is 10.2 Å². The van der Waals surface area contributed by atoms with Gasteiger partial charge in [0.15, 0.2) is 0 Å². The number of para-hydroxylation sites is 1. The van der Waals surface area contributed by atoms with Crippen LogP contribution in [0.15, 0.2) is 48.5 Å². The van der Waals surface area contributed by atoms with Gasteiger partial charge < -0.3 is 25.0 Å². The fourth-order valence-corrected chi connectivity index (χ4v) is 3.42. The number of amides is 3. The number of carbonyl (C=O) groups is 2. The first-order valence-corrected chi connectivity index (χ1v) is 9.70. The van der Waals surface area contributed by atoms with Gasteiger partial charge in [-0.1, -0.05) is 18.2 Å². The average Bonchev–Trinajstić information content (AvgIpc) is 2.78. The molecule has 1 atom stereocenters. The number of carbonyl (C=O) groups excluding carboxylic acids is 2. The molecule has 3 amide bonds. The van der Waals surface area contributed by atoms with Gasteiger partial charge >= 0.3 is 6.03 Å². The van der Waals surface area contributed by atoms with Crippen LogP contribution in [0.3, 0.4) is 0 Å². The van der Waals surface area contributed by atoms with Crippen LogP contribution < -0.4 is 20.1 Å². The van der Waals surface area contributed by atoms with Crippen molar-refractivity contribution >= 4 is 17.6 Å². The van der Waals surface area contributed by atoms with Gasteiger partial charge in [-0.15, -0.1) is 0 Å². The highest BCUT2D eigenvalue weighted by atomic mass is 16.5. The number of nitrogens with one attached hydrogen (secondary N) is 2. The Labute approximate surface area is 171 Å². The topological polar surface area (TPSA) is 79.9 Å². The average molecular weight is 397 g/mol. The minimum absolute atomic E-state index is 0.0555. The zero-order chi connectivity index (χ0) is 20.6. The minimum atomic E-state index is -0.227. The molecule has 7 heteroatoms. The lowest BCUT2D eigenvalue weighted by atomic mass is 9.97. The number of rotatable bonds is 6. The van der Waals surface area contributed by atoms with Crippen LogP contribution >= 0.6 is 0 Å². The highest BCUT2D eigenvalue weighted by molar-refractivity contribution is 5.90. The van der Waals surface area contributed by atoms with Gasteiger partial charge in [-0.25, -0.2) is 4.79 Å². The molecule has 2 aromatic rings. The molecule has 29 heavy (non-hydrogen) atoms. The van der Waals surface area contributed by atoms with Gasteiger partial charge in [0.1, 0.15) is 11.5 Å². The Hall–Kier alpha value is -3.22. The van der Waals surface area contributed by atoms with E-state index in [1.807, 2.05) is 42.5 Å². The maximum Gasteiger partial charge on any atom is 0.321 e. The van der Waals surface area contributed by atoms with Crippen molar-refractivity contribution in [3.63, 3.8) is 0 Å². The molecule has 1 fully saturated rings. The normalized spacial score (nSPS) is 16.1. The van der Waals surface area contributed by atoms with Gasteiger partial charge in [0.25, 0.3) is 0 Å². The first kappa shape index (κ1) is 20.5. The molecule has 0 aliphatic carbocycles. The number of methoxy groups -OCH3 is 2. The molecule has 0 radical (unpaired) electrons. The van der Waals surface area contributed by atoms with Crippen LogP contribution in [-0.4, -0.2) is 44.1 Å². The van der Waals surface area contributed by atoms with E-state index in [4.69, 9.17) is 9.47 Å². The van der Waals surface area contributed by atoms with E-state index in [-0.39, 0.29) is 17.9 Å². The number of nitrogens with zero attached hydrogens (tertiary/aromatic N) is 1. The highest BCUT2D eigenvalue weighted by Crippen LogP contribution is 2.25. The number of likely N-dealkylation sites (tertiary alicyclic amines) is 1. The fourth-order valence-electron chi connectivity index (χ4n) is 3.42. The summed E-state index contributed by atoms with van der Waals surface area (Å²) in [5.41, 5.74) is 1.62. The molecule has 0 spiro atoms. The quantitative estimate of drug-likeness (QED) is 0.784. The Morgan fingerprint density at radius 3 is 2.62 bits per heavy atom. The Morgan fingerprint density at radius 1 is 1.10 bits per heavy atom. The van der Waals surface area contributed by atoms with Crippen molar-refractivity contribution in [2.75, 3.05) is 32.6 Å². The molecule has 2 aromatic carbocycles. The van der Waals surface area contributed by atoms with E-state index in [1.165, 1.54) is 0 Å². The van der Waals surface area contributed by atoms with Crippen molar-refractivity contribution in [3.05, 3.63) is 54.1 Å². The molecule has 1 heterocycles. The number of benzene rings is 2. The summed E-state index contributed by atoms with van der Waals surface area (Å²) >= 11 is 0. The number of ether oxygens (including phenoxy) is 2. The first-order valence-electron chi connectivity index (χ1n) is 9.70. The van der Waals surface area contributed by atoms with Gasteiger partial charge in [0.2, 0.25) is 5.91 Å². The summed E-state index contributed by atoms with van der Waals surface area (Å²) in [6.45, 7) is 1.41. The third-order valence-electron chi connectivity index (χ3n) is 5.05. The van der Waals surface area contributed by atoms with Gasteiger partial charge in [0, 0.05) is 37.0 Å². The molecule has 1 unspecified atom stereocenters. The lowest BCUT2D eigenvalue weighted by Crippen LogP contribution is -2.46. The van der Waals surface area contributed by atoms with E-state index in [1.54, 1.807) is 25.2 Å². The molecule has 1 aliphatic heterocycles. The lowest BCUT2D eigenvalue weighted by molar-refractivity contribution is -0.126. The van der Waals surface area contributed by atoms with Crippen LogP contribution in [0.2, 0.25) is 0 Å². The summed E-state index contributed by atoms with van der Waals surface area (Å²) in [6, 6.07) is 14.6. The standard InChI is InChI=1S/C22H27N3O4/c1-28-19-11-10-16(20(13-19)29-2)14-23-21(26)17-7-6-12-25(15-17)22(27)24-18-8-4-3-5-9-18/h3-5,8-11,13,17H,6-7,12,14-15H2,1-2H3,(H,23,26)(H,24,27). The highest BCUT2D eigenvalue weighted by Gasteiger charge is 2.28. The van der Waals surface area contributed by atoms with Crippen molar-refractivity contribution in [2.45, 2.75) is 19.4 Å². The van der Waals surface area contributed by atoms with E-state index in [2.05, 4.69) is 10.6 Å². The lowest BCUT2D eigenvalue weighted by Gasteiger charge is -2.32. The molecule has 1 saturated heterocycles. The van der Waals surface area contributed by atoms with Crippen LogP contribution in [0.25, 0.3) is 0 Å². The number of urea groups is 1. The second-order valence-corrected chi connectivity index (χ2v) is 6.98. The Balaban J connectivity index is 1.55. The molecule has 154 valence electrons. The minimum Gasteiger partial charge on any atom is -0.497 e. The maximum atomic E-state index is 12.7. The zero-order valence-corrected chi connectivity index (χ0v) is 16.8. The zero-order valence-electron chi connectivity index (χ0n) is 16.8. The number of hydrogen-bond donors (Lipinski definition) is 2. The monoisotopic (exact) mass is 397 g/mol. The molecule has 0 aromatic heterocycles. The van der Waals surface area contributed by atoms with Crippen molar-refractivity contribution in [1.29, 1.82) is 0 Å². The van der Waals surface area contributed by atoms with E-state index < -0.39 is 0 Å². The maximum absolute atomic E-state index is 12.7. The van der Waals surface area contributed by atoms with Gasteiger partial charge in [-0.05, 0) is 37.1 Å². The predicted molar refractivity (Wildman–Crippen MR) is 111 cm³/mol. The summed E-state index contributed by atoms with van der Waals surface area (Å²) in [4.78, 5) is 26.9. The smallest absolute Gasteiger partial charge is 0.321 e. The van der Waals surface area contributed by atoms with Crippen LogP contribution in [0.4, 0.5) is 10.5 Å². The predicted octanol–water partition coefficient (Wildman–Crippen LogP) is 3.26. The molecular formula is C22H27N3O4. The summed E-state index contributed by atoms with van der Waals surface area (Å²) < 4.78 is 10.6. The second kappa shape index (κ2) is 9.82. The number of piperidine rings is 1. The molecule has 1 aliphatic rings. The summed E-state index contributed by atoms with van der Waals surface area (Å²) in [5.74, 6) is 1.08. The van der Waals surface area contributed by atoms with Crippen LogP contribution in [0.5, 0.6) is 11.5 Å². The van der Waals surface area contributed by atoms with Crippen LogP contribution in [0.1, 0.15) is 18.4 Å². The third-order valence-corrected chi connectivity index (χ3v) is 5.05. The third kappa shape index (κ3) is 5.40. The van der Waals surface area contributed by atoms with E-state index in [0.29, 0.717) is 31.1 Å². The summed E-state index contributed by atoms with van der Waals surface area (Å²) in [6.07, 6.45) is 1.56. The summed E-state index contributed by atoms with van der Waals surface area (Å²) in [5, 5.41) is 5.85. The van der Waals surface area contributed by atoms with Crippen molar-refractivity contribution < 1.29 is 19.1 Å². The molecule has 0 saturated carbocycles. The van der Waals surface area contributed by atoms with Gasteiger partial charge in [-0.2, -0.15) is 0 Å². The SMILES string of the molecule is COc1ccc(CNC(=O)C2CCCN(C(=O)Nc3ccccc3)C2)c(OC)c1. The largest absolute Gasteiger partial charge is 0.497 e. The van der Waals surface area contributed by atoms with Crippen LogP contribution in [-0.2, 0) is 11.3 Å². The van der Waals surface area contributed by atoms with Gasteiger partial charge in [0.05, 0.1) is 20.1 Å².